The van der Waals surface area contributed by atoms with Crippen LogP contribution in [0.15, 0.2) is 33.4 Å². The van der Waals surface area contributed by atoms with E-state index in [-0.39, 0.29) is 17.8 Å². The molecule has 4 rings (SSSR count). The first-order valence-corrected chi connectivity index (χ1v) is 8.01. The van der Waals surface area contributed by atoms with E-state index in [9.17, 15) is 9.18 Å². The molecule has 8 heteroatoms. The zero-order valence-corrected chi connectivity index (χ0v) is 13.5. The number of nitrogens with one attached hydrogen (secondary N) is 1. The number of rotatable bonds is 4. The lowest BCUT2D eigenvalue weighted by Crippen LogP contribution is -2.32. The summed E-state index contributed by atoms with van der Waals surface area (Å²) < 4.78 is 29.9. The Morgan fingerprint density at radius 3 is 3.08 bits per heavy atom. The van der Waals surface area contributed by atoms with Crippen LogP contribution in [-0.2, 0) is 4.74 Å². The maximum Gasteiger partial charge on any atom is 0.255 e. The van der Waals surface area contributed by atoms with Crippen molar-refractivity contribution in [3.63, 3.8) is 0 Å². The largest absolute Gasteiger partial charge is 0.464 e. The van der Waals surface area contributed by atoms with Gasteiger partial charge in [-0.1, -0.05) is 5.16 Å². The van der Waals surface area contributed by atoms with Crippen LogP contribution in [0.1, 0.15) is 41.0 Å². The van der Waals surface area contributed by atoms with Crippen LogP contribution >= 0.6 is 0 Å². The van der Waals surface area contributed by atoms with Gasteiger partial charge in [0.25, 0.3) is 11.8 Å². The molecular formula is C17H16FN3O4. The molecule has 1 aliphatic heterocycles. The predicted molar refractivity (Wildman–Crippen MR) is 84.4 cm³/mol. The van der Waals surface area contributed by atoms with Gasteiger partial charge in [-0.25, -0.2) is 4.39 Å². The minimum atomic E-state index is -0.483. The lowest BCUT2D eigenvalue weighted by atomic mass is 10.1. The van der Waals surface area contributed by atoms with Gasteiger partial charge in [0.1, 0.15) is 17.5 Å². The normalized spacial score (nSPS) is 20.2. The van der Waals surface area contributed by atoms with Gasteiger partial charge >= 0.3 is 0 Å². The Morgan fingerprint density at radius 2 is 2.28 bits per heavy atom. The number of nitrogens with zero attached hydrogens (tertiary/aromatic N) is 2. The molecule has 0 bridgehead atoms. The Balaban J connectivity index is 1.40. The predicted octanol–water partition coefficient (Wildman–Crippen LogP) is 2.91. The number of aryl methyl sites for hydroxylation is 1. The van der Waals surface area contributed by atoms with Crippen LogP contribution in [-0.4, -0.2) is 28.7 Å². The van der Waals surface area contributed by atoms with Gasteiger partial charge in [0.2, 0.25) is 0 Å². The third-order valence-corrected chi connectivity index (χ3v) is 4.18. The SMILES string of the molecule is Cc1noc([C@@H]2CC[C@H](CNC(=O)c3cc(F)cc4ccoc34)O2)n1. The van der Waals surface area contributed by atoms with Gasteiger partial charge in [0.05, 0.1) is 17.9 Å². The molecule has 0 saturated carbocycles. The molecule has 1 saturated heterocycles. The van der Waals surface area contributed by atoms with Crippen LogP contribution in [0.4, 0.5) is 4.39 Å². The van der Waals surface area contributed by atoms with Gasteiger partial charge in [0.15, 0.2) is 5.82 Å². The number of amides is 1. The fourth-order valence-corrected chi connectivity index (χ4v) is 3.00. The van der Waals surface area contributed by atoms with E-state index in [4.69, 9.17) is 13.7 Å². The molecule has 1 aliphatic rings. The summed E-state index contributed by atoms with van der Waals surface area (Å²) in [4.78, 5) is 16.5. The number of benzene rings is 1. The summed E-state index contributed by atoms with van der Waals surface area (Å²) in [6.07, 6.45) is 2.50. The third kappa shape index (κ3) is 3.12. The number of carbonyl (C=O) groups excluding carboxylic acids is 1. The van der Waals surface area contributed by atoms with Crippen LogP contribution < -0.4 is 5.32 Å². The Kier molecular flexibility index (Phi) is 3.96. The zero-order chi connectivity index (χ0) is 17.4. The van der Waals surface area contributed by atoms with E-state index in [1.54, 1.807) is 13.0 Å². The molecule has 0 unspecified atom stereocenters. The molecule has 3 aromatic rings. The Morgan fingerprint density at radius 1 is 1.40 bits per heavy atom. The molecule has 1 amide bonds. The lowest BCUT2D eigenvalue weighted by Gasteiger charge is -2.12. The average molecular weight is 345 g/mol. The number of aromatic nitrogens is 2. The van der Waals surface area contributed by atoms with E-state index in [1.165, 1.54) is 18.4 Å². The van der Waals surface area contributed by atoms with Gasteiger partial charge in [-0.15, -0.1) is 0 Å². The molecule has 1 fully saturated rings. The van der Waals surface area contributed by atoms with E-state index >= 15 is 0 Å². The molecule has 0 spiro atoms. The van der Waals surface area contributed by atoms with E-state index in [0.29, 0.717) is 29.2 Å². The molecule has 1 N–H and O–H groups in total. The van der Waals surface area contributed by atoms with Gasteiger partial charge in [-0.05, 0) is 38.0 Å². The second-order valence-electron chi connectivity index (χ2n) is 6.01. The van der Waals surface area contributed by atoms with Crippen LogP contribution in [0.3, 0.4) is 0 Å². The molecule has 2 aromatic heterocycles. The molecule has 1 aromatic carbocycles. The van der Waals surface area contributed by atoms with Crippen molar-refractivity contribution < 1.29 is 22.9 Å². The highest BCUT2D eigenvalue weighted by atomic mass is 19.1. The fourth-order valence-electron chi connectivity index (χ4n) is 3.00. The second kappa shape index (κ2) is 6.29. The molecule has 2 atom stereocenters. The summed E-state index contributed by atoms with van der Waals surface area (Å²) in [6, 6.07) is 4.11. The van der Waals surface area contributed by atoms with Crippen molar-refractivity contribution in [2.45, 2.75) is 32.0 Å². The molecule has 0 radical (unpaired) electrons. The second-order valence-corrected chi connectivity index (χ2v) is 6.01. The van der Waals surface area contributed by atoms with Crippen LogP contribution in [0, 0.1) is 12.7 Å². The zero-order valence-electron chi connectivity index (χ0n) is 13.5. The standard InChI is InChI=1S/C17H16FN3O4/c1-9-20-17(25-21-9)14-3-2-12(24-14)8-19-16(22)13-7-11(18)6-10-4-5-23-15(10)13/h4-7,12,14H,2-3,8H2,1H3,(H,19,22)/t12-,14+/m1/s1. The lowest BCUT2D eigenvalue weighted by molar-refractivity contribution is 0.0262. The molecule has 130 valence electrons. The van der Waals surface area contributed by atoms with E-state index in [1.807, 2.05) is 0 Å². The summed E-state index contributed by atoms with van der Waals surface area (Å²) in [5.41, 5.74) is 0.535. The first kappa shape index (κ1) is 15.8. The summed E-state index contributed by atoms with van der Waals surface area (Å²) in [5.74, 6) is 0.126. The average Bonchev–Trinajstić information content (AvgIpc) is 3.31. The van der Waals surface area contributed by atoms with Crippen molar-refractivity contribution in [3.05, 3.63) is 47.6 Å². The van der Waals surface area contributed by atoms with Crippen LogP contribution in [0.25, 0.3) is 11.0 Å². The van der Waals surface area contributed by atoms with Crippen molar-refractivity contribution in [1.82, 2.24) is 15.5 Å². The highest BCUT2D eigenvalue weighted by Crippen LogP contribution is 2.31. The monoisotopic (exact) mass is 345 g/mol. The quantitative estimate of drug-likeness (QED) is 0.782. The maximum absolute atomic E-state index is 13.6. The fraction of sp³-hybridized carbons (Fsp3) is 0.353. The minimum Gasteiger partial charge on any atom is -0.464 e. The minimum absolute atomic E-state index is 0.165. The third-order valence-electron chi connectivity index (χ3n) is 4.18. The first-order valence-electron chi connectivity index (χ1n) is 8.01. The first-order chi connectivity index (χ1) is 12.1. The Labute approximate surface area is 142 Å². The van der Waals surface area contributed by atoms with Crippen molar-refractivity contribution >= 4 is 16.9 Å². The summed E-state index contributed by atoms with van der Waals surface area (Å²) in [5, 5.41) is 7.07. The van der Waals surface area contributed by atoms with Gasteiger partial charge < -0.3 is 19.0 Å². The van der Waals surface area contributed by atoms with E-state index in [2.05, 4.69) is 15.5 Å². The highest BCUT2D eigenvalue weighted by Gasteiger charge is 2.30. The number of carbonyl (C=O) groups is 1. The van der Waals surface area contributed by atoms with Crippen LogP contribution in [0.5, 0.6) is 0 Å². The number of ether oxygens (including phenoxy) is 1. The maximum atomic E-state index is 13.6. The van der Waals surface area contributed by atoms with Crippen molar-refractivity contribution in [2.75, 3.05) is 6.54 Å². The molecule has 3 heterocycles. The van der Waals surface area contributed by atoms with E-state index < -0.39 is 11.7 Å². The van der Waals surface area contributed by atoms with Gasteiger partial charge in [-0.3, -0.25) is 4.79 Å². The number of hydrogen-bond acceptors (Lipinski definition) is 6. The number of halogens is 1. The van der Waals surface area contributed by atoms with Gasteiger partial charge in [-0.2, -0.15) is 4.98 Å². The number of furan rings is 1. The van der Waals surface area contributed by atoms with Crippen LogP contribution in [0.2, 0.25) is 0 Å². The van der Waals surface area contributed by atoms with Crippen molar-refractivity contribution in [2.24, 2.45) is 0 Å². The molecular weight excluding hydrogens is 329 g/mol. The summed E-state index contributed by atoms with van der Waals surface area (Å²) in [7, 11) is 0. The van der Waals surface area contributed by atoms with Gasteiger partial charge in [0, 0.05) is 11.9 Å². The van der Waals surface area contributed by atoms with Crippen molar-refractivity contribution in [1.29, 1.82) is 0 Å². The smallest absolute Gasteiger partial charge is 0.255 e. The number of hydrogen-bond donors (Lipinski definition) is 1. The summed E-state index contributed by atoms with van der Waals surface area (Å²) >= 11 is 0. The number of fused-ring (bicyclic) bond motifs is 1. The molecule has 25 heavy (non-hydrogen) atoms. The highest BCUT2D eigenvalue weighted by molar-refractivity contribution is 6.04. The Hall–Kier alpha value is -2.74. The molecule has 7 nitrogen and oxygen atoms in total. The van der Waals surface area contributed by atoms with Crippen molar-refractivity contribution in [3.8, 4) is 0 Å². The topological polar surface area (TPSA) is 90.4 Å². The Bertz CT molecular complexity index is 920. The summed E-state index contributed by atoms with van der Waals surface area (Å²) in [6.45, 7) is 2.05. The molecule has 0 aliphatic carbocycles. The van der Waals surface area contributed by atoms with E-state index in [0.717, 1.165) is 12.8 Å².